The lowest BCUT2D eigenvalue weighted by Gasteiger charge is -2.25. The summed E-state index contributed by atoms with van der Waals surface area (Å²) >= 11 is 1.35. The van der Waals surface area contributed by atoms with Crippen LogP contribution in [0.4, 0.5) is 0 Å². The molecule has 0 aliphatic heterocycles. The predicted molar refractivity (Wildman–Crippen MR) is 119 cm³/mol. The van der Waals surface area contributed by atoms with Crippen LogP contribution < -0.4 is 5.63 Å². The maximum absolute atomic E-state index is 12.6. The first-order valence-corrected chi connectivity index (χ1v) is 11.2. The van der Waals surface area contributed by atoms with E-state index in [1.54, 1.807) is 0 Å². The summed E-state index contributed by atoms with van der Waals surface area (Å²) in [6, 6.07) is 18.2. The Morgan fingerprint density at radius 2 is 1.77 bits per heavy atom. The molecule has 1 aliphatic rings. The summed E-state index contributed by atoms with van der Waals surface area (Å²) in [7, 11) is 0. The Hall–Kier alpha value is -2.86. The molecule has 5 nitrogen and oxygen atoms in total. The molecule has 0 amide bonds. The Kier molecular flexibility index (Phi) is 5.17. The van der Waals surface area contributed by atoms with Crippen molar-refractivity contribution >= 4 is 22.7 Å². The molecule has 0 saturated heterocycles. The topological polar surface area (TPSA) is 60.9 Å². The lowest BCUT2D eigenvalue weighted by molar-refractivity contribution is 0.339. The van der Waals surface area contributed by atoms with Crippen LogP contribution in [0.1, 0.15) is 43.7 Å². The molecule has 6 heteroatoms. The fraction of sp³-hybridized carbons (Fsp3) is 0.292. The van der Waals surface area contributed by atoms with Gasteiger partial charge in [-0.3, -0.25) is 4.57 Å². The van der Waals surface area contributed by atoms with Gasteiger partial charge in [-0.05, 0) is 43.7 Å². The van der Waals surface area contributed by atoms with E-state index < -0.39 is 0 Å². The molecule has 2 heterocycles. The van der Waals surface area contributed by atoms with Gasteiger partial charge < -0.3 is 4.42 Å². The van der Waals surface area contributed by atoms with Gasteiger partial charge in [-0.1, -0.05) is 67.3 Å². The maximum Gasteiger partial charge on any atom is 0.350 e. The fourth-order valence-electron chi connectivity index (χ4n) is 4.13. The highest BCUT2D eigenvalue weighted by Crippen LogP contribution is 2.37. The molecule has 0 unspecified atom stereocenters. The third kappa shape index (κ3) is 3.67. The molecular formula is C24H23N3O2S. The Morgan fingerprint density at radius 1 is 1.00 bits per heavy atom. The zero-order valence-electron chi connectivity index (χ0n) is 16.9. The van der Waals surface area contributed by atoms with E-state index in [0.29, 0.717) is 16.5 Å². The van der Waals surface area contributed by atoms with Crippen LogP contribution in [0.2, 0.25) is 0 Å². The van der Waals surface area contributed by atoms with Crippen molar-refractivity contribution < 1.29 is 4.42 Å². The zero-order chi connectivity index (χ0) is 20.5. The number of benzene rings is 2. The van der Waals surface area contributed by atoms with Crippen molar-refractivity contribution in [3.8, 4) is 11.4 Å². The van der Waals surface area contributed by atoms with Gasteiger partial charge in [0.25, 0.3) is 0 Å². The number of nitrogens with zero attached hydrogens (tertiary/aromatic N) is 3. The number of para-hydroxylation sites is 1. The van der Waals surface area contributed by atoms with Crippen LogP contribution in [-0.2, 0) is 0 Å². The van der Waals surface area contributed by atoms with Gasteiger partial charge >= 0.3 is 5.63 Å². The van der Waals surface area contributed by atoms with Gasteiger partial charge in [-0.2, -0.15) is 0 Å². The second-order valence-corrected chi connectivity index (χ2v) is 8.88. The van der Waals surface area contributed by atoms with Crippen molar-refractivity contribution in [3.05, 3.63) is 70.6 Å². The molecule has 2 aromatic heterocycles. The van der Waals surface area contributed by atoms with E-state index >= 15 is 0 Å². The normalized spacial score (nSPS) is 15.0. The van der Waals surface area contributed by atoms with Crippen molar-refractivity contribution in [1.82, 2.24) is 14.8 Å². The molecule has 1 aliphatic carbocycles. The second-order valence-electron chi connectivity index (χ2n) is 7.87. The van der Waals surface area contributed by atoms with E-state index in [9.17, 15) is 4.79 Å². The van der Waals surface area contributed by atoms with Crippen LogP contribution in [-0.4, -0.2) is 14.8 Å². The molecule has 0 spiro atoms. The third-order valence-corrected chi connectivity index (χ3v) is 6.69. The van der Waals surface area contributed by atoms with Crippen LogP contribution >= 0.6 is 11.8 Å². The lowest BCUT2D eigenvalue weighted by atomic mass is 9.95. The van der Waals surface area contributed by atoms with Gasteiger partial charge in [0.2, 0.25) is 0 Å². The van der Waals surface area contributed by atoms with Crippen molar-refractivity contribution in [2.45, 2.75) is 55.1 Å². The minimum absolute atomic E-state index is 0.339. The van der Waals surface area contributed by atoms with Crippen LogP contribution in [0.25, 0.3) is 22.4 Å². The van der Waals surface area contributed by atoms with E-state index in [0.717, 1.165) is 34.8 Å². The molecule has 1 saturated carbocycles. The average Bonchev–Trinajstić information content (AvgIpc) is 3.19. The summed E-state index contributed by atoms with van der Waals surface area (Å²) in [5.41, 5.74) is 2.52. The molecule has 30 heavy (non-hydrogen) atoms. The number of aryl methyl sites for hydroxylation is 1. The van der Waals surface area contributed by atoms with Crippen molar-refractivity contribution in [2.75, 3.05) is 0 Å². The summed E-state index contributed by atoms with van der Waals surface area (Å²) in [5, 5.41) is 10.7. The van der Waals surface area contributed by atoms with Gasteiger partial charge in [-0.15, -0.1) is 10.2 Å². The van der Waals surface area contributed by atoms with Gasteiger partial charge in [0.15, 0.2) is 11.0 Å². The van der Waals surface area contributed by atoms with E-state index in [2.05, 4.69) is 46.0 Å². The molecular weight excluding hydrogens is 394 g/mol. The SMILES string of the molecule is Cc1ccc(-c2nnc(Sc3cc4ccccc4oc3=O)n2C2CCCCC2)cc1. The van der Waals surface area contributed by atoms with Gasteiger partial charge in [0.05, 0.1) is 0 Å². The van der Waals surface area contributed by atoms with Gasteiger partial charge in [-0.25, -0.2) is 4.79 Å². The van der Waals surface area contributed by atoms with E-state index in [-0.39, 0.29) is 5.63 Å². The first-order valence-electron chi connectivity index (χ1n) is 10.4. The molecule has 152 valence electrons. The minimum Gasteiger partial charge on any atom is -0.422 e. The average molecular weight is 418 g/mol. The predicted octanol–water partition coefficient (Wildman–Crippen LogP) is 6.02. The Labute approximate surface area is 179 Å². The Balaban J connectivity index is 1.59. The number of fused-ring (bicyclic) bond motifs is 1. The summed E-state index contributed by atoms with van der Waals surface area (Å²) in [5.74, 6) is 0.870. The molecule has 0 radical (unpaired) electrons. The molecule has 1 fully saturated rings. The van der Waals surface area contributed by atoms with Crippen LogP contribution in [0.5, 0.6) is 0 Å². The zero-order valence-corrected chi connectivity index (χ0v) is 17.7. The molecule has 0 bridgehead atoms. The lowest BCUT2D eigenvalue weighted by Crippen LogP contribution is -2.15. The van der Waals surface area contributed by atoms with Crippen LogP contribution in [0.3, 0.4) is 0 Å². The van der Waals surface area contributed by atoms with E-state index in [1.807, 2.05) is 30.3 Å². The standard InChI is InChI=1S/C24H23N3O2S/c1-16-11-13-17(14-12-16)22-25-26-24(27(22)19-8-3-2-4-9-19)30-21-15-18-7-5-6-10-20(18)29-23(21)28/h5-7,10-15,19H,2-4,8-9H2,1H3. The molecule has 4 aromatic rings. The highest BCUT2D eigenvalue weighted by molar-refractivity contribution is 7.99. The molecule has 5 rings (SSSR count). The fourth-order valence-corrected chi connectivity index (χ4v) is 5.05. The largest absolute Gasteiger partial charge is 0.422 e. The van der Waals surface area contributed by atoms with Gasteiger partial charge in [0, 0.05) is 17.0 Å². The summed E-state index contributed by atoms with van der Waals surface area (Å²) in [6.45, 7) is 2.08. The smallest absolute Gasteiger partial charge is 0.350 e. The Morgan fingerprint density at radius 3 is 2.57 bits per heavy atom. The van der Waals surface area contributed by atoms with Crippen LogP contribution in [0, 0.1) is 6.92 Å². The molecule has 0 atom stereocenters. The number of aromatic nitrogens is 3. The van der Waals surface area contributed by atoms with E-state index in [4.69, 9.17) is 4.42 Å². The van der Waals surface area contributed by atoms with Crippen molar-refractivity contribution in [3.63, 3.8) is 0 Å². The van der Waals surface area contributed by atoms with Crippen molar-refractivity contribution in [1.29, 1.82) is 0 Å². The quantitative estimate of drug-likeness (QED) is 0.380. The minimum atomic E-state index is -0.339. The summed E-state index contributed by atoms with van der Waals surface area (Å²) in [6.07, 6.45) is 5.90. The monoisotopic (exact) mass is 417 g/mol. The maximum atomic E-state index is 12.6. The van der Waals surface area contributed by atoms with E-state index in [1.165, 1.54) is 36.6 Å². The van der Waals surface area contributed by atoms with Gasteiger partial charge in [0.1, 0.15) is 10.5 Å². The summed E-state index contributed by atoms with van der Waals surface area (Å²) < 4.78 is 7.76. The third-order valence-electron chi connectivity index (χ3n) is 5.72. The van der Waals surface area contributed by atoms with Crippen LogP contribution in [0.15, 0.2) is 73.9 Å². The molecule has 2 aromatic carbocycles. The highest BCUT2D eigenvalue weighted by atomic mass is 32.2. The second kappa shape index (κ2) is 8.11. The number of rotatable bonds is 4. The summed E-state index contributed by atoms with van der Waals surface area (Å²) in [4.78, 5) is 13.1. The van der Waals surface area contributed by atoms with Crippen molar-refractivity contribution in [2.24, 2.45) is 0 Å². The first-order chi connectivity index (χ1) is 14.7. The number of hydrogen-bond donors (Lipinski definition) is 0. The first kappa shape index (κ1) is 19.1. The highest BCUT2D eigenvalue weighted by Gasteiger charge is 2.25. The molecule has 0 N–H and O–H groups in total. The Bertz CT molecular complexity index is 1240. The number of hydrogen-bond acceptors (Lipinski definition) is 5.